The molecule has 6 rings (SSSR count). The summed E-state index contributed by atoms with van der Waals surface area (Å²) in [4.78, 5) is 75.7. The highest BCUT2D eigenvalue weighted by Crippen LogP contribution is 2.19. The lowest BCUT2D eigenvalue weighted by atomic mass is 9.96. The Bertz CT molecular complexity index is 1910. The van der Waals surface area contributed by atoms with Gasteiger partial charge in [0.25, 0.3) is 5.56 Å². The first-order chi connectivity index (χ1) is 16.8. The average molecular weight is 466 g/mol. The zero-order chi connectivity index (χ0) is 24.9. The minimum Gasteiger partial charge on any atom is -0.502 e. The Labute approximate surface area is 192 Å². The van der Waals surface area contributed by atoms with Gasteiger partial charge in [0.1, 0.15) is 0 Å². The van der Waals surface area contributed by atoms with Gasteiger partial charge in [-0.3, -0.25) is 29.0 Å². The molecule has 0 aliphatic carbocycles. The van der Waals surface area contributed by atoms with E-state index in [9.17, 15) is 28.8 Å². The van der Waals surface area contributed by atoms with E-state index in [-0.39, 0.29) is 43.3 Å². The third-order valence-corrected chi connectivity index (χ3v) is 5.77. The summed E-state index contributed by atoms with van der Waals surface area (Å²) in [6.07, 6.45) is 0.932. The molecule has 3 N–H and O–H groups in total. The lowest BCUT2D eigenvalue weighted by Crippen LogP contribution is -2.20. The van der Waals surface area contributed by atoms with Gasteiger partial charge in [0.15, 0.2) is 27.5 Å². The molecule has 0 fully saturated rings. The Morgan fingerprint density at radius 1 is 0.514 bits per heavy atom. The molecule has 5 aromatic carbocycles. The van der Waals surface area contributed by atoms with Crippen molar-refractivity contribution in [2.24, 2.45) is 0 Å². The molecule has 9 heteroatoms. The number of rotatable bonds is 0. The Kier molecular flexibility index (Phi) is 4.95. The monoisotopic (exact) mass is 466 g/mol. The van der Waals surface area contributed by atoms with Crippen LogP contribution in [0.4, 0.5) is 0 Å². The highest BCUT2D eigenvalue weighted by atomic mass is 16.3. The number of H-pyrrole nitrogens is 2. The summed E-state index contributed by atoms with van der Waals surface area (Å²) in [6.45, 7) is 0. The number of fused-ring (bicyclic) bond motifs is 4. The van der Waals surface area contributed by atoms with E-state index >= 15 is 0 Å². The molecule has 0 spiro atoms. The molecule has 0 atom stereocenters. The fourth-order valence-corrected chi connectivity index (χ4v) is 4.09. The maximum atomic E-state index is 12.8. The minimum absolute atomic E-state index is 0.174. The fourth-order valence-electron chi connectivity index (χ4n) is 4.09. The third kappa shape index (κ3) is 3.42. The quantitative estimate of drug-likeness (QED) is 0.286. The van der Waals surface area contributed by atoms with Crippen LogP contribution in [0.2, 0.25) is 0 Å². The lowest BCUT2D eigenvalue weighted by Gasteiger charge is -2.04. The van der Waals surface area contributed by atoms with Crippen molar-refractivity contribution in [2.75, 3.05) is 0 Å². The highest BCUT2D eigenvalue weighted by Gasteiger charge is 2.15. The van der Waals surface area contributed by atoms with Gasteiger partial charge in [-0.1, -0.05) is 48.5 Å². The van der Waals surface area contributed by atoms with Crippen LogP contribution in [0.3, 0.4) is 0 Å². The van der Waals surface area contributed by atoms with Crippen molar-refractivity contribution in [2.45, 2.75) is 0 Å². The summed E-state index contributed by atoms with van der Waals surface area (Å²) in [5, 5.41) is 10.5. The Morgan fingerprint density at radius 3 is 1.14 bits per heavy atom. The molecule has 1 aromatic heterocycles. The van der Waals surface area contributed by atoms with E-state index in [0.29, 0.717) is 21.5 Å². The first kappa shape index (κ1) is 21.7. The van der Waals surface area contributed by atoms with Gasteiger partial charge in [0.05, 0.1) is 6.20 Å². The van der Waals surface area contributed by atoms with Gasteiger partial charge in [-0.05, 0) is 12.1 Å². The first-order valence-electron chi connectivity index (χ1n) is 10.3. The molecule has 0 amide bonds. The minimum atomic E-state index is -0.779. The van der Waals surface area contributed by atoms with Crippen molar-refractivity contribution in [3.8, 4) is 5.75 Å². The van der Waals surface area contributed by atoms with Crippen molar-refractivity contribution >= 4 is 43.1 Å². The topological polar surface area (TPSA) is 154 Å². The molecular weight excluding hydrogens is 452 g/mol. The van der Waals surface area contributed by atoms with Gasteiger partial charge in [0.2, 0.25) is 0 Å². The highest BCUT2D eigenvalue weighted by molar-refractivity contribution is 6.07. The van der Waals surface area contributed by atoms with E-state index in [2.05, 4.69) is 4.98 Å². The molecule has 0 bridgehead atoms. The number of nitrogens with one attached hydrogen (secondary N) is 2. The molecule has 9 nitrogen and oxygen atoms in total. The molecule has 0 saturated carbocycles. The van der Waals surface area contributed by atoms with Crippen LogP contribution in [0.15, 0.2) is 95.6 Å². The van der Waals surface area contributed by atoms with E-state index < -0.39 is 17.0 Å². The maximum absolute atomic E-state index is 12.8. The van der Waals surface area contributed by atoms with Gasteiger partial charge >= 0.3 is 5.69 Å². The second-order valence-electron chi connectivity index (χ2n) is 7.81. The Morgan fingerprint density at radius 2 is 0.857 bits per heavy atom. The molecule has 0 radical (unpaired) electrons. The van der Waals surface area contributed by atoms with Crippen LogP contribution in [-0.2, 0) is 0 Å². The van der Waals surface area contributed by atoms with Gasteiger partial charge in [0, 0.05) is 43.1 Å². The second kappa shape index (κ2) is 7.99. The molecular formula is C26H14N2O7. The number of benzene rings is 5. The molecule has 1 heterocycles. The molecule has 0 unspecified atom stereocenters. The number of aromatic amines is 2. The van der Waals surface area contributed by atoms with Gasteiger partial charge < -0.3 is 10.1 Å². The van der Waals surface area contributed by atoms with Crippen molar-refractivity contribution in [3.05, 3.63) is 129 Å². The first-order valence-corrected chi connectivity index (χ1v) is 10.3. The van der Waals surface area contributed by atoms with E-state index in [4.69, 9.17) is 5.11 Å². The van der Waals surface area contributed by atoms with E-state index in [0.717, 1.165) is 6.20 Å². The molecule has 170 valence electrons. The molecule has 0 saturated heterocycles. The van der Waals surface area contributed by atoms with Crippen LogP contribution in [0.5, 0.6) is 5.75 Å². The van der Waals surface area contributed by atoms with Crippen LogP contribution in [-0.4, -0.2) is 15.1 Å². The summed E-state index contributed by atoms with van der Waals surface area (Å²) in [6, 6.07) is 16.0. The predicted molar refractivity (Wildman–Crippen MR) is 133 cm³/mol. The summed E-state index contributed by atoms with van der Waals surface area (Å²) in [5.74, 6) is -0.491. The standard InChI is InChI=1S/C22H10O4.C4H4N2O3/c23-19-11-5-1-2-6-12(11)20(24)16-10-18-17(9-15(16)19)21(25)13-7-3-4-8-14(13)22(18)26;7-2-1-5-4(9)6-3(2)8/h1-10H;1,7H,(H2,5,6,8,9). The van der Waals surface area contributed by atoms with E-state index in [1.165, 1.54) is 12.1 Å². The van der Waals surface area contributed by atoms with E-state index in [1.54, 1.807) is 48.5 Å². The fraction of sp³-hybridized carbons (Fsp3) is 0. The van der Waals surface area contributed by atoms with Gasteiger partial charge in [-0.15, -0.1) is 0 Å². The van der Waals surface area contributed by atoms with Crippen LogP contribution in [0, 0.1) is 0 Å². The third-order valence-electron chi connectivity index (χ3n) is 5.77. The van der Waals surface area contributed by atoms with Crippen molar-refractivity contribution in [3.63, 3.8) is 0 Å². The number of aromatic hydroxyl groups is 1. The van der Waals surface area contributed by atoms with Crippen LogP contribution in [0.1, 0.15) is 0 Å². The maximum Gasteiger partial charge on any atom is 0.325 e. The molecule has 35 heavy (non-hydrogen) atoms. The van der Waals surface area contributed by atoms with Gasteiger partial charge in [-0.2, -0.15) is 0 Å². The largest absolute Gasteiger partial charge is 0.502 e. The SMILES string of the molecule is O=c1[nH]cc(O)c(=O)[nH]1.O=c1c2ccccc2c(=O)c2cc3c(=O)c4ccccc4c(=O)c3cc12. The molecule has 0 aliphatic rings. The lowest BCUT2D eigenvalue weighted by molar-refractivity contribution is 0.462. The average Bonchev–Trinajstić information content (AvgIpc) is 2.88. The Balaban J connectivity index is 0.000000239. The van der Waals surface area contributed by atoms with Crippen LogP contribution >= 0.6 is 0 Å². The summed E-state index contributed by atoms with van der Waals surface area (Å²) >= 11 is 0. The second-order valence-corrected chi connectivity index (χ2v) is 7.81. The van der Waals surface area contributed by atoms with Crippen LogP contribution < -0.4 is 33.0 Å². The number of aromatic nitrogens is 2. The normalized spacial score (nSPS) is 11.1. The Hall–Kier alpha value is -5.18. The summed E-state index contributed by atoms with van der Waals surface area (Å²) in [5.41, 5.74) is -2.64. The smallest absolute Gasteiger partial charge is 0.325 e. The summed E-state index contributed by atoms with van der Waals surface area (Å²) in [7, 11) is 0. The molecule has 0 aliphatic heterocycles. The van der Waals surface area contributed by atoms with Crippen molar-refractivity contribution in [1.82, 2.24) is 9.97 Å². The van der Waals surface area contributed by atoms with Gasteiger partial charge in [-0.25, -0.2) is 4.79 Å². The zero-order valence-corrected chi connectivity index (χ0v) is 17.7. The number of hydrogen-bond acceptors (Lipinski definition) is 7. The van der Waals surface area contributed by atoms with E-state index in [1.807, 2.05) is 4.98 Å². The molecule has 6 aromatic rings. The van der Waals surface area contributed by atoms with Crippen LogP contribution in [0.25, 0.3) is 43.1 Å². The zero-order valence-electron chi connectivity index (χ0n) is 17.7. The summed E-state index contributed by atoms with van der Waals surface area (Å²) < 4.78 is 0. The van der Waals surface area contributed by atoms with Crippen molar-refractivity contribution in [1.29, 1.82) is 0 Å². The predicted octanol–water partition coefficient (Wildman–Crippen LogP) is 1.38. The number of hydrogen-bond donors (Lipinski definition) is 3. The van der Waals surface area contributed by atoms with Crippen molar-refractivity contribution < 1.29 is 5.11 Å².